The van der Waals surface area contributed by atoms with Crippen LogP contribution >= 0.6 is 0 Å². The molecule has 0 atom stereocenters. The SMILES string of the molecule is CCCNCc1ccc(S(=O)(=O)NCCCOCC)nc1. The van der Waals surface area contributed by atoms with Crippen molar-refractivity contribution in [3.8, 4) is 0 Å². The van der Waals surface area contributed by atoms with Crippen LogP contribution < -0.4 is 10.0 Å². The van der Waals surface area contributed by atoms with E-state index in [1.165, 1.54) is 6.07 Å². The molecule has 21 heavy (non-hydrogen) atoms. The molecule has 7 heteroatoms. The average molecular weight is 315 g/mol. The summed E-state index contributed by atoms with van der Waals surface area (Å²) in [6, 6.07) is 3.32. The Labute approximate surface area is 127 Å². The molecule has 1 heterocycles. The summed E-state index contributed by atoms with van der Waals surface area (Å²) in [5, 5.41) is 3.30. The molecule has 1 aromatic rings. The predicted octanol–water partition coefficient (Wildman–Crippen LogP) is 1.29. The van der Waals surface area contributed by atoms with Gasteiger partial charge >= 0.3 is 0 Å². The third kappa shape index (κ3) is 6.99. The van der Waals surface area contributed by atoms with Crippen LogP contribution in [0.25, 0.3) is 0 Å². The molecule has 0 fully saturated rings. The van der Waals surface area contributed by atoms with Crippen LogP contribution in [-0.4, -0.2) is 39.7 Å². The van der Waals surface area contributed by atoms with Gasteiger partial charge in [0.25, 0.3) is 10.0 Å². The minimum atomic E-state index is -3.53. The summed E-state index contributed by atoms with van der Waals surface area (Å²) in [6.45, 7) is 7.17. The molecule has 0 saturated carbocycles. The van der Waals surface area contributed by atoms with Crippen molar-refractivity contribution in [2.45, 2.75) is 38.3 Å². The van der Waals surface area contributed by atoms with Gasteiger partial charge in [-0.3, -0.25) is 0 Å². The van der Waals surface area contributed by atoms with Gasteiger partial charge in [0, 0.05) is 32.5 Å². The van der Waals surface area contributed by atoms with Crippen molar-refractivity contribution >= 4 is 10.0 Å². The van der Waals surface area contributed by atoms with Crippen LogP contribution in [0, 0.1) is 0 Å². The van der Waals surface area contributed by atoms with Crippen molar-refractivity contribution in [1.29, 1.82) is 0 Å². The van der Waals surface area contributed by atoms with Crippen molar-refractivity contribution in [3.63, 3.8) is 0 Å². The van der Waals surface area contributed by atoms with Crippen LogP contribution in [0.15, 0.2) is 23.4 Å². The Balaban J connectivity index is 2.47. The molecule has 0 spiro atoms. The van der Waals surface area contributed by atoms with Crippen LogP contribution in [0.2, 0.25) is 0 Å². The number of hydrogen-bond acceptors (Lipinski definition) is 5. The molecule has 0 radical (unpaired) electrons. The molecule has 0 aliphatic heterocycles. The third-order valence-corrected chi connectivity index (χ3v) is 4.17. The number of aromatic nitrogens is 1. The third-order valence-electron chi connectivity index (χ3n) is 2.79. The molecule has 0 saturated heterocycles. The van der Waals surface area contributed by atoms with Crippen molar-refractivity contribution < 1.29 is 13.2 Å². The van der Waals surface area contributed by atoms with E-state index in [1.54, 1.807) is 12.3 Å². The van der Waals surface area contributed by atoms with Crippen molar-refractivity contribution in [2.75, 3.05) is 26.3 Å². The zero-order chi connectivity index (χ0) is 15.6. The maximum atomic E-state index is 12.0. The molecular weight excluding hydrogens is 290 g/mol. The highest BCUT2D eigenvalue weighted by Gasteiger charge is 2.14. The maximum absolute atomic E-state index is 12.0. The van der Waals surface area contributed by atoms with Gasteiger partial charge in [-0.15, -0.1) is 0 Å². The van der Waals surface area contributed by atoms with Crippen LogP contribution in [-0.2, 0) is 21.3 Å². The fraction of sp³-hybridized carbons (Fsp3) is 0.643. The highest BCUT2D eigenvalue weighted by molar-refractivity contribution is 7.89. The van der Waals surface area contributed by atoms with Gasteiger partial charge in [-0.2, -0.15) is 0 Å². The second-order valence-corrected chi connectivity index (χ2v) is 6.34. The van der Waals surface area contributed by atoms with Gasteiger partial charge in [-0.05, 0) is 37.9 Å². The van der Waals surface area contributed by atoms with Crippen LogP contribution in [0.3, 0.4) is 0 Å². The normalized spacial score (nSPS) is 11.7. The van der Waals surface area contributed by atoms with Gasteiger partial charge in [-0.1, -0.05) is 13.0 Å². The number of nitrogens with one attached hydrogen (secondary N) is 2. The zero-order valence-electron chi connectivity index (χ0n) is 12.8. The minimum absolute atomic E-state index is 0.0538. The molecular formula is C14H25N3O3S. The first-order chi connectivity index (χ1) is 10.1. The molecule has 120 valence electrons. The number of rotatable bonds is 11. The lowest BCUT2D eigenvalue weighted by atomic mass is 10.3. The lowest BCUT2D eigenvalue weighted by molar-refractivity contribution is 0.146. The maximum Gasteiger partial charge on any atom is 0.258 e. The van der Waals surface area contributed by atoms with Gasteiger partial charge in [0.15, 0.2) is 5.03 Å². The van der Waals surface area contributed by atoms with E-state index in [-0.39, 0.29) is 5.03 Å². The monoisotopic (exact) mass is 315 g/mol. The Bertz CT molecular complexity index is 489. The average Bonchev–Trinajstić information content (AvgIpc) is 2.48. The van der Waals surface area contributed by atoms with Gasteiger partial charge in [-0.25, -0.2) is 18.1 Å². The molecule has 0 bridgehead atoms. The summed E-state index contributed by atoms with van der Waals surface area (Å²) < 4.78 is 31.7. The van der Waals surface area contributed by atoms with Crippen LogP contribution in [0.5, 0.6) is 0 Å². The van der Waals surface area contributed by atoms with Gasteiger partial charge < -0.3 is 10.1 Å². The number of pyridine rings is 1. The number of hydrogen-bond donors (Lipinski definition) is 2. The second-order valence-electron chi connectivity index (χ2n) is 4.63. The van der Waals surface area contributed by atoms with Gasteiger partial charge in [0.1, 0.15) is 0 Å². The highest BCUT2D eigenvalue weighted by atomic mass is 32.2. The van der Waals surface area contributed by atoms with Crippen LogP contribution in [0.1, 0.15) is 32.3 Å². The fourth-order valence-electron chi connectivity index (χ4n) is 1.68. The summed E-state index contributed by atoms with van der Waals surface area (Å²) in [5.41, 5.74) is 0.971. The molecule has 6 nitrogen and oxygen atoms in total. The lowest BCUT2D eigenvalue weighted by Gasteiger charge is -2.07. The number of sulfonamides is 1. The quantitative estimate of drug-likeness (QED) is 0.601. The molecule has 2 N–H and O–H groups in total. The number of nitrogens with zero attached hydrogens (tertiary/aromatic N) is 1. The topological polar surface area (TPSA) is 80.3 Å². The largest absolute Gasteiger partial charge is 0.382 e. The van der Waals surface area contributed by atoms with Crippen molar-refractivity contribution in [1.82, 2.24) is 15.0 Å². The Kier molecular flexibility index (Phi) is 8.44. The first kappa shape index (κ1) is 18.0. The standard InChI is InChI=1S/C14H25N3O3S/c1-3-8-15-11-13-6-7-14(16-12-13)21(18,19)17-9-5-10-20-4-2/h6-7,12,15,17H,3-5,8-11H2,1-2H3. The summed E-state index contributed by atoms with van der Waals surface area (Å²) >= 11 is 0. The molecule has 0 aromatic carbocycles. The number of ether oxygens (including phenoxy) is 1. The molecule has 0 unspecified atom stereocenters. The molecule has 0 aliphatic rings. The summed E-state index contributed by atoms with van der Waals surface area (Å²) in [6.07, 6.45) is 3.30. The molecule has 0 amide bonds. The van der Waals surface area contributed by atoms with E-state index in [0.29, 0.717) is 32.7 Å². The molecule has 1 rings (SSSR count). The van der Waals surface area contributed by atoms with E-state index >= 15 is 0 Å². The Morgan fingerprint density at radius 2 is 2.05 bits per heavy atom. The van der Waals surface area contributed by atoms with Crippen molar-refractivity contribution in [2.24, 2.45) is 0 Å². The van der Waals surface area contributed by atoms with E-state index in [0.717, 1.165) is 18.5 Å². The first-order valence-corrected chi connectivity index (χ1v) is 8.81. The summed E-state index contributed by atoms with van der Waals surface area (Å²) in [7, 11) is -3.53. The molecule has 1 aromatic heterocycles. The second kappa shape index (κ2) is 9.83. The minimum Gasteiger partial charge on any atom is -0.382 e. The first-order valence-electron chi connectivity index (χ1n) is 7.33. The van der Waals surface area contributed by atoms with E-state index in [9.17, 15) is 8.42 Å². The van der Waals surface area contributed by atoms with Crippen molar-refractivity contribution in [3.05, 3.63) is 23.9 Å². The van der Waals surface area contributed by atoms with Gasteiger partial charge in [0.05, 0.1) is 0 Å². The summed E-state index contributed by atoms with van der Waals surface area (Å²) in [5.74, 6) is 0. The Morgan fingerprint density at radius 1 is 1.24 bits per heavy atom. The Morgan fingerprint density at radius 3 is 2.67 bits per heavy atom. The van der Waals surface area contributed by atoms with Crippen LogP contribution in [0.4, 0.5) is 0 Å². The zero-order valence-corrected chi connectivity index (χ0v) is 13.6. The van der Waals surface area contributed by atoms with E-state index in [2.05, 4.69) is 21.9 Å². The van der Waals surface area contributed by atoms with E-state index < -0.39 is 10.0 Å². The highest BCUT2D eigenvalue weighted by Crippen LogP contribution is 2.06. The lowest BCUT2D eigenvalue weighted by Crippen LogP contribution is -2.26. The summed E-state index contributed by atoms with van der Waals surface area (Å²) in [4.78, 5) is 4.02. The Hall–Kier alpha value is -1.02. The van der Waals surface area contributed by atoms with Gasteiger partial charge in [0.2, 0.25) is 0 Å². The fourth-order valence-corrected chi connectivity index (χ4v) is 2.68. The smallest absolute Gasteiger partial charge is 0.258 e. The predicted molar refractivity (Wildman–Crippen MR) is 82.5 cm³/mol. The van der Waals surface area contributed by atoms with E-state index in [1.807, 2.05) is 6.92 Å². The van der Waals surface area contributed by atoms with E-state index in [4.69, 9.17) is 4.74 Å². The molecule has 0 aliphatic carbocycles.